The number of anilines is 2. The highest BCUT2D eigenvalue weighted by Crippen LogP contribution is 2.23. The summed E-state index contributed by atoms with van der Waals surface area (Å²) in [7, 11) is 0. The molecular formula is C19H21N3O3S. The molecular weight excluding hydrogens is 350 g/mol. The standard InChI is InChI=1S/C19H21N3O3S/c1-13(23)20-15-6-2-7-16(11-15)21-18(24)14-5-3-9-22(12-14)19(25)17-8-4-10-26-17/h2,4,6-8,10-11,14H,3,5,9,12H2,1H3,(H,20,23)(H,21,24)/t14-/m1/s1. The first kappa shape index (κ1) is 18.1. The van der Waals surface area contributed by atoms with Crippen LogP contribution in [0.5, 0.6) is 0 Å². The van der Waals surface area contributed by atoms with Gasteiger partial charge in [0.25, 0.3) is 5.91 Å². The molecule has 2 aromatic rings. The number of benzene rings is 1. The zero-order valence-corrected chi connectivity index (χ0v) is 15.3. The highest BCUT2D eigenvalue weighted by Gasteiger charge is 2.29. The summed E-state index contributed by atoms with van der Waals surface area (Å²) < 4.78 is 0. The van der Waals surface area contributed by atoms with E-state index in [1.807, 2.05) is 17.5 Å². The van der Waals surface area contributed by atoms with Crippen LogP contribution in [0, 0.1) is 5.92 Å². The molecule has 3 rings (SSSR count). The van der Waals surface area contributed by atoms with Gasteiger partial charge in [-0.25, -0.2) is 0 Å². The predicted molar refractivity (Wildman–Crippen MR) is 102 cm³/mol. The van der Waals surface area contributed by atoms with Crippen LogP contribution < -0.4 is 10.6 Å². The summed E-state index contributed by atoms with van der Waals surface area (Å²) >= 11 is 1.42. The number of piperidine rings is 1. The van der Waals surface area contributed by atoms with E-state index in [1.165, 1.54) is 18.3 Å². The highest BCUT2D eigenvalue weighted by molar-refractivity contribution is 7.12. The molecule has 136 valence electrons. The molecule has 1 fully saturated rings. The van der Waals surface area contributed by atoms with E-state index in [9.17, 15) is 14.4 Å². The van der Waals surface area contributed by atoms with Crippen LogP contribution in [0.15, 0.2) is 41.8 Å². The molecule has 0 bridgehead atoms. The van der Waals surface area contributed by atoms with Crippen LogP contribution in [0.1, 0.15) is 29.4 Å². The van der Waals surface area contributed by atoms with Gasteiger partial charge >= 0.3 is 0 Å². The maximum Gasteiger partial charge on any atom is 0.263 e. The third kappa shape index (κ3) is 4.49. The van der Waals surface area contributed by atoms with Crippen molar-refractivity contribution in [2.75, 3.05) is 23.7 Å². The van der Waals surface area contributed by atoms with Gasteiger partial charge in [0.2, 0.25) is 11.8 Å². The number of nitrogens with zero attached hydrogens (tertiary/aromatic N) is 1. The minimum Gasteiger partial charge on any atom is -0.337 e. The Morgan fingerprint density at radius 1 is 1.12 bits per heavy atom. The average molecular weight is 371 g/mol. The van der Waals surface area contributed by atoms with E-state index < -0.39 is 0 Å². The molecule has 2 N–H and O–H groups in total. The molecule has 6 nitrogen and oxygen atoms in total. The molecule has 1 aromatic heterocycles. The van der Waals surface area contributed by atoms with Crippen molar-refractivity contribution in [2.24, 2.45) is 5.92 Å². The van der Waals surface area contributed by atoms with E-state index in [0.717, 1.165) is 12.8 Å². The van der Waals surface area contributed by atoms with E-state index in [0.29, 0.717) is 29.3 Å². The van der Waals surface area contributed by atoms with Crippen LogP contribution >= 0.6 is 11.3 Å². The molecule has 1 aliphatic heterocycles. The van der Waals surface area contributed by atoms with E-state index in [4.69, 9.17) is 0 Å². The quantitative estimate of drug-likeness (QED) is 0.866. The van der Waals surface area contributed by atoms with Crippen molar-refractivity contribution in [3.8, 4) is 0 Å². The van der Waals surface area contributed by atoms with Crippen LogP contribution in [-0.4, -0.2) is 35.7 Å². The van der Waals surface area contributed by atoms with Crippen molar-refractivity contribution < 1.29 is 14.4 Å². The summed E-state index contributed by atoms with van der Waals surface area (Å²) in [5, 5.41) is 7.47. The lowest BCUT2D eigenvalue weighted by atomic mass is 9.97. The summed E-state index contributed by atoms with van der Waals surface area (Å²) in [6, 6.07) is 10.7. The minimum absolute atomic E-state index is 0.00912. The Morgan fingerprint density at radius 3 is 2.58 bits per heavy atom. The summed E-state index contributed by atoms with van der Waals surface area (Å²) in [5.74, 6) is -0.514. The van der Waals surface area contributed by atoms with Crippen LogP contribution in [0.2, 0.25) is 0 Å². The molecule has 2 heterocycles. The molecule has 1 atom stereocenters. The van der Waals surface area contributed by atoms with Crippen molar-refractivity contribution in [3.63, 3.8) is 0 Å². The monoisotopic (exact) mass is 371 g/mol. The number of hydrogen-bond donors (Lipinski definition) is 2. The number of hydrogen-bond acceptors (Lipinski definition) is 4. The molecule has 1 saturated heterocycles. The van der Waals surface area contributed by atoms with Crippen LogP contribution in [0.3, 0.4) is 0 Å². The Hall–Kier alpha value is -2.67. The lowest BCUT2D eigenvalue weighted by molar-refractivity contribution is -0.121. The van der Waals surface area contributed by atoms with Gasteiger partial charge in [0.1, 0.15) is 0 Å². The topological polar surface area (TPSA) is 78.5 Å². The smallest absolute Gasteiger partial charge is 0.263 e. The normalized spacial score (nSPS) is 16.8. The van der Waals surface area contributed by atoms with Gasteiger partial charge in [-0.1, -0.05) is 12.1 Å². The fourth-order valence-electron chi connectivity index (χ4n) is 3.05. The first-order valence-corrected chi connectivity index (χ1v) is 9.42. The van der Waals surface area contributed by atoms with Gasteiger partial charge in [-0.2, -0.15) is 0 Å². The fraction of sp³-hybridized carbons (Fsp3) is 0.316. The number of amides is 3. The minimum atomic E-state index is -0.239. The molecule has 26 heavy (non-hydrogen) atoms. The van der Waals surface area contributed by atoms with Gasteiger partial charge in [-0.05, 0) is 42.5 Å². The number of carbonyl (C=O) groups excluding carboxylic acids is 3. The Balaban J connectivity index is 1.62. The van der Waals surface area contributed by atoms with Crippen molar-refractivity contribution in [1.29, 1.82) is 0 Å². The summed E-state index contributed by atoms with van der Waals surface area (Å²) in [6.07, 6.45) is 1.56. The lowest BCUT2D eigenvalue weighted by Crippen LogP contribution is -2.43. The molecule has 0 spiro atoms. The largest absolute Gasteiger partial charge is 0.337 e. The molecule has 0 saturated carbocycles. The van der Waals surface area contributed by atoms with E-state index in [-0.39, 0.29) is 23.6 Å². The predicted octanol–water partition coefficient (Wildman–Crippen LogP) is 3.20. The van der Waals surface area contributed by atoms with Gasteiger partial charge in [-0.3, -0.25) is 14.4 Å². The van der Waals surface area contributed by atoms with Crippen molar-refractivity contribution in [3.05, 3.63) is 46.7 Å². The Bertz CT molecular complexity index is 804. The zero-order chi connectivity index (χ0) is 18.5. The van der Waals surface area contributed by atoms with E-state index in [1.54, 1.807) is 29.2 Å². The van der Waals surface area contributed by atoms with Crippen molar-refractivity contribution >= 4 is 40.4 Å². The third-order valence-corrected chi connectivity index (χ3v) is 5.12. The number of carbonyl (C=O) groups is 3. The average Bonchev–Trinajstić information content (AvgIpc) is 3.15. The Labute approximate surface area is 156 Å². The second-order valence-corrected chi connectivity index (χ2v) is 7.27. The zero-order valence-electron chi connectivity index (χ0n) is 14.5. The van der Waals surface area contributed by atoms with Crippen LogP contribution in [0.4, 0.5) is 11.4 Å². The first-order valence-electron chi connectivity index (χ1n) is 8.54. The highest BCUT2D eigenvalue weighted by atomic mass is 32.1. The maximum absolute atomic E-state index is 12.6. The Morgan fingerprint density at radius 2 is 1.88 bits per heavy atom. The molecule has 0 aliphatic carbocycles. The molecule has 0 unspecified atom stereocenters. The van der Waals surface area contributed by atoms with Crippen molar-refractivity contribution in [1.82, 2.24) is 4.90 Å². The number of rotatable bonds is 4. The van der Waals surface area contributed by atoms with Gasteiger partial charge in [0.15, 0.2) is 0 Å². The molecule has 7 heteroatoms. The number of nitrogens with one attached hydrogen (secondary N) is 2. The van der Waals surface area contributed by atoms with Gasteiger partial charge < -0.3 is 15.5 Å². The molecule has 1 aromatic carbocycles. The molecule has 0 radical (unpaired) electrons. The second-order valence-electron chi connectivity index (χ2n) is 6.32. The third-order valence-electron chi connectivity index (χ3n) is 4.26. The SMILES string of the molecule is CC(=O)Nc1cccc(NC(=O)[C@@H]2CCCN(C(=O)c3cccs3)C2)c1. The van der Waals surface area contributed by atoms with E-state index >= 15 is 0 Å². The summed E-state index contributed by atoms with van der Waals surface area (Å²) in [4.78, 5) is 38.7. The fourth-order valence-corrected chi connectivity index (χ4v) is 3.74. The molecule has 3 amide bonds. The number of thiophene rings is 1. The summed E-state index contributed by atoms with van der Waals surface area (Å²) in [5.41, 5.74) is 1.26. The van der Waals surface area contributed by atoms with Gasteiger partial charge in [0, 0.05) is 31.4 Å². The Kier molecular flexibility index (Phi) is 5.68. The van der Waals surface area contributed by atoms with Gasteiger partial charge in [-0.15, -0.1) is 11.3 Å². The van der Waals surface area contributed by atoms with Crippen LogP contribution in [0.25, 0.3) is 0 Å². The molecule has 1 aliphatic rings. The first-order chi connectivity index (χ1) is 12.5. The maximum atomic E-state index is 12.6. The van der Waals surface area contributed by atoms with Crippen molar-refractivity contribution in [2.45, 2.75) is 19.8 Å². The summed E-state index contributed by atoms with van der Waals surface area (Å²) in [6.45, 7) is 2.54. The number of likely N-dealkylation sites (tertiary alicyclic amines) is 1. The van der Waals surface area contributed by atoms with Crippen LogP contribution in [-0.2, 0) is 9.59 Å². The second kappa shape index (κ2) is 8.14. The van der Waals surface area contributed by atoms with E-state index in [2.05, 4.69) is 10.6 Å². The van der Waals surface area contributed by atoms with Gasteiger partial charge in [0.05, 0.1) is 10.8 Å². The lowest BCUT2D eigenvalue weighted by Gasteiger charge is -2.31.